The number of nitrogens with zero attached hydrogens (tertiary/aromatic N) is 2. The summed E-state index contributed by atoms with van der Waals surface area (Å²) >= 11 is 0. The number of aromatic nitrogens is 1. The van der Waals surface area contributed by atoms with E-state index in [0.717, 1.165) is 30.6 Å². The van der Waals surface area contributed by atoms with Crippen molar-refractivity contribution < 1.29 is 18.8 Å². The summed E-state index contributed by atoms with van der Waals surface area (Å²) in [5.74, 6) is 1.79. The molecule has 174 valence electrons. The number of piperidine rings is 1. The molecule has 0 N–H and O–H groups in total. The number of carbonyl (C=O) groups excluding carboxylic acids is 1. The maximum atomic E-state index is 11.9. The molecule has 0 saturated carbocycles. The molecule has 0 spiro atoms. The van der Waals surface area contributed by atoms with E-state index in [1.165, 1.54) is 18.2 Å². The average molecular weight is 449 g/mol. The van der Waals surface area contributed by atoms with Crippen LogP contribution in [0.3, 0.4) is 0 Å². The molecule has 1 fully saturated rings. The summed E-state index contributed by atoms with van der Waals surface area (Å²) in [4.78, 5) is 13.7. The van der Waals surface area contributed by atoms with Gasteiger partial charge in [-0.1, -0.05) is 60.7 Å². The Kier molecular flexibility index (Phi) is 7.33. The van der Waals surface area contributed by atoms with E-state index in [1.54, 1.807) is 4.90 Å². The maximum absolute atomic E-state index is 11.9. The second-order valence-corrected chi connectivity index (χ2v) is 8.81. The third kappa shape index (κ3) is 5.38. The van der Waals surface area contributed by atoms with E-state index < -0.39 is 0 Å². The van der Waals surface area contributed by atoms with Crippen LogP contribution in [0.15, 0.2) is 65.2 Å². The van der Waals surface area contributed by atoms with Gasteiger partial charge in [0.25, 0.3) is 5.88 Å². The van der Waals surface area contributed by atoms with E-state index in [-0.39, 0.29) is 24.0 Å². The Bertz CT molecular complexity index is 985. The molecule has 0 unspecified atom stereocenters. The molecule has 2 heterocycles. The molecule has 1 aliphatic rings. The standard InChI is InChI=1S/C27H32N2O4/c1-19(2)32-26-24(25(33-28-26)22-14-16-29(17-15-22)27(30)31-3)18-23(20-10-6-4-7-11-20)21-12-8-5-9-13-21/h4-13,19,22-23H,14-18H2,1-3H3. The van der Waals surface area contributed by atoms with Gasteiger partial charge in [-0.3, -0.25) is 0 Å². The molecule has 0 atom stereocenters. The van der Waals surface area contributed by atoms with Gasteiger partial charge in [-0.15, -0.1) is 0 Å². The molecular weight excluding hydrogens is 416 g/mol. The first-order valence-electron chi connectivity index (χ1n) is 11.6. The molecule has 0 bridgehead atoms. The molecule has 33 heavy (non-hydrogen) atoms. The highest BCUT2D eigenvalue weighted by Crippen LogP contribution is 2.39. The summed E-state index contributed by atoms with van der Waals surface area (Å²) in [5, 5.41) is 4.34. The zero-order valence-electron chi connectivity index (χ0n) is 19.6. The van der Waals surface area contributed by atoms with Gasteiger partial charge in [0, 0.05) is 24.9 Å². The molecule has 1 aromatic heterocycles. The first-order valence-corrected chi connectivity index (χ1v) is 11.6. The van der Waals surface area contributed by atoms with Crippen LogP contribution < -0.4 is 4.74 Å². The zero-order chi connectivity index (χ0) is 23.2. The van der Waals surface area contributed by atoms with E-state index in [0.29, 0.717) is 19.0 Å². The van der Waals surface area contributed by atoms with Gasteiger partial charge in [-0.2, -0.15) is 0 Å². The van der Waals surface area contributed by atoms with E-state index in [9.17, 15) is 4.79 Å². The van der Waals surface area contributed by atoms with Gasteiger partial charge < -0.3 is 18.9 Å². The Hall–Kier alpha value is -3.28. The Labute approximate surface area is 195 Å². The molecule has 6 heteroatoms. The highest BCUT2D eigenvalue weighted by atomic mass is 16.5. The van der Waals surface area contributed by atoms with Crippen LogP contribution in [0.2, 0.25) is 0 Å². The van der Waals surface area contributed by atoms with Crippen molar-refractivity contribution in [3.8, 4) is 5.88 Å². The van der Waals surface area contributed by atoms with Crippen molar-refractivity contribution >= 4 is 6.09 Å². The van der Waals surface area contributed by atoms with Crippen LogP contribution in [-0.2, 0) is 11.2 Å². The molecule has 6 nitrogen and oxygen atoms in total. The lowest BCUT2D eigenvalue weighted by Crippen LogP contribution is -2.37. The maximum Gasteiger partial charge on any atom is 0.409 e. The van der Waals surface area contributed by atoms with Gasteiger partial charge in [-0.05, 0) is 49.4 Å². The Morgan fingerprint density at radius 1 is 1.03 bits per heavy atom. The van der Waals surface area contributed by atoms with Gasteiger partial charge in [0.2, 0.25) is 0 Å². The third-order valence-electron chi connectivity index (χ3n) is 6.24. The second kappa shape index (κ2) is 10.6. The normalized spacial score (nSPS) is 14.6. The smallest absolute Gasteiger partial charge is 0.409 e. The van der Waals surface area contributed by atoms with Gasteiger partial charge in [-0.25, -0.2) is 4.79 Å². The number of methoxy groups -OCH3 is 1. The lowest BCUT2D eigenvalue weighted by atomic mass is 9.83. The lowest BCUT2D eigenvalue weighted by molar-refractivity contribution is 0.110. The molecule has 1 amide bonds. The molecule has 2 aromatic carbocycles. The van der Waals surface area contributed by atoms with Crippen LogP contribution in [0.1, 0.15) is 61.0 Å². The second-order valence-electron chi connectivity index (χ2n) is 8.81. The highest BCUT2D eigenvalue weighted by molar-refractivity contribution is 5.67. The first-order chi connectivity index (χ1) is 16.1. The predicted octanol–water partition coefficient (Wildman–Crippen LogP) is 5.78. The number of benzene rings is 2. The van der Waals surface area contributed by atoms with Crippen molar-refractivity contribution in [3.05, 3.63) is 83.1 Å². The van der Waals surface area contributed by atoms with Crippen LogP contribution in [0.5, 0.6) is 5.88 Å². The van der Waals surface area contributed by atoms with Crippen LogP contribution in [0, 0.1) is 0 Å². The van der Waals surface area contributed by atoms with Crippen molar-refractivity contribution in [1.29, 1.82) is 0 Å². The SMILES string of the molecule is COC(=O)N1CCC(c2onc(OC(C)C)c2CC(c2ccccc2)c2ccccc2)CC1. The number of carbonyl (C=O) groups is 1. The van der Waals surface area contributed by atoms with Crippen molar-refractivity contribution in [1.82, 2.24) is 10.1 Å². The summed E-state index contributed by atoms with van der Waals surface area (Å²) in [7, 11) is 1.42. The fourth-order valence-corrected chi connectivity index (χ4v) is 4.59. The van der Waals surface area contributed by atoms with Crippen molar-refractivity contribution in [2.75, 3.05) is 20.2 Å². The summed E-state index contributed by atoms with van der Waals surface area (Å²) in [5.41, 5.74) is 3.51. The number of amides is 1. The fraction of sp³-hybridized carbons (Fsp3) is 0.407. The number of ether oxygens (including phenoxy) is 2. The number of hydrogen-bond donors (Lipinski definition) is 0. The average Bonchev–Trinajstić information content (AvgIpc) is 3.24. The van der Waals surface area contributed by atoms with E-state index in [4.69, 9.17) is 14.0 Å². The third-order valence-corrected chi connectivity index (χ3v) is 6.24. The van der Waals surface area contributed by atoms with Gasteiger partial charge in [0.05, 0.1) is 18.8 Å². The van der Waals surface area contributed by atoms with Crippen LogP contribution in [-0.4, -0.2) is 42.5 Å². The summed E-state index contributed by atoms with van der Waals surface area (Å²) in [6.07, 6.45) is 2.06. The highest BCUT2D eigenvalue weighted by Gasteiger charge is 2.32. The fourth-order valence-electron chi connectivity index (χ4n) is 4.59. The summed E-state index contributed by atoms with van der Waals surface area (Å²) in [6.45, 7) is 5.27. The summed E-state index contributed by atoms with van der Waals surface area (Å²) in [6, 6.07) is 21.1. The minimum absolute atomic E-state index is 0.00484. The molecule has 0 aliphatic carbocycles. The molecular formula is C27H32N2O4. The molecule has 1 aliphatic heterocycles. The van der Waals surface area contributed by atoms with Gasteiger partial charge in [0.1, 0.15) is 5.76 Å². The first kappa shape index (κ1) is 22.9. The molecule has 1 saturated heterocycles. The predicted molar refractivity (Wildman–Crippen MR) is 127 cm³/mol. The van der Waals surface area contributed by atoms with E-state index in [1.807, 2.05) is 26.0 Å². The number of hydrogen-bond acceptors (Lipinski definition) is 5. The topological polar surface area (TPSA) is 64.8 Å². The summed E-state index contributed by atoms with van der Waals surface area (Å²) < 4.78 is 16.9. The van der Waals surface area contributed by atoms with Gasteiger partial charge >= 0.3 is 6.09 Å². The Morgan fingerprint density at radius 2 is 1.61 bits per heavy atom. The monoisotopic (exact) mass is 448 g/mol. The minimum atomic E-state index is -0.275. The Balaban J connectivity index is 1.66. The van der Waals surface area contributed by atoms with Crippen LogP contribution >= 0.6 is 0 Å². The largest absolute Gasteiger partial charge is 0.473 e. The minimum Gasteiger partial charge on any atom is -0.473 e. The van der Waals surface area contributed by atoms with Crippen molar-refractivity contribution in [2.24, 2.45) is 0 Å². The lowest BCUT2D eigenvalue weighted by Gasteiger charge is -2.30. The molecule has 0 radical (unpaired) electrons. The molecule has 3 aromatic rings. The van der Waals surface area contributed by atoms with E-state index >= 15 is 0 Å². The van der Waals surface area contributed by atoms with Crippen molar-refractivity contribution in [3.63, 3.8) is 0 Å². The van der Waals surface area contributed by atoms with Gasteiger partial charge in [0.15, 0.2) is 0 Å². The van der Waals surface area contributed by atoms with Crippen LogP contribution in [0.4, 0.5) is 4.79 Å². The quantitative estimate of drug-likeness (QED) is 0.458. The molecule has 4 rings (SSSR count). The zero-order valence-corrected chi connectivity index (χ0v) is 19.6. The van der Waals surface area contributed by atoms with Crippen LogP contribution in [0.25, 0.3) is 0 Å². The van der Waals surface area contributed by atoms with E-state index in [2.05, 4.69) is 53.7 Å². The Morgan fingerprint density at radius 3 is 2.12 bits per heavy atom. The number of rotatable bonds is 7. The number of likely N-dealkylation sites (tertiary alicyclic amines) is 1. The van der Waals surface area contributed by atoms with Crippen molar-refractivity contribution in [2.45, 2.75) is 51.0 Å².